The highest BCUT2D eigenvalue weighted by Gasteiger charge is 2.32. The van der Waals surface area contributed by atoms with Crippen molar-refractivity contribution in [2.24, 2.45) is 5.73 Å². The molecular formula is C21H29N7. The van der Waals surface area contributed by atoms with E-state index in [-0.39, 0.29) is 0 Å². The molecule has 1 saturated carbocycles. The van der Waals surface area contributed by atoms with Gasteiger partial charge in [-0.2, -0.15) is 0 Å². The Hall–Kier alpha value is -2.51. The van der Waals surface area contributed by atoms with E-state index in [1.165, 1.54) is 5.56 Å². The number of nitrogens with two attached hydrogens (primary N) is 1. The Balaban J connectivity index is 1.41. The summed E-state index contributed by atoms with van der Waals surface area (Å²) in [4.78, 5) is 6.81. The fraction of sp³-hybridized carbons (Fsp3) is 0.476. The van der Waals surface area contributed by atoms with Crippen molar-refractivity contribution in [1.82, 2.24) is 29.2 Å². The van der Waals surface area contributed by atoms with Crippen LogP contribution in [0.3, 0.4) is 0 Å². The van der Waals surface area contributed by atoms with E-state index in [4.69, 9.17) is 5.73 Å². The zero-order chi connectivity index (χ0) is 19.5. The third kappa shape index (κ3) is 4.00. The average Bonchev–Trinajstić information content (AvgIpc) is 3.26. The number of rotatable bonds is 8. The van der Waals surface area contributed by atoms with Gasteiger partial charge in [-0.15, -0.1) is 10.2 Å². The first-order chi connectivity index (χ1) is 13.6. The molecule has 1 aliphatic carbocycles. The van der Waals surface area contributed by atoms with E-state index in [1.54, 1.807) is 0 Å². The van der Waals surface area contributed by atoms with Crippen molar-refractivity contribution in [2.45, 2.75) is 57.9 Å². The van der Waals surface area contributed by atoms with Crippen LogP contribution in [0.1, 0.15) is 48.7 Å². The van der Waals surface area contributed by atoms with Crippen LogP contribution in [0, 0.1) is 0 Å². The molecule has 148 valence electrons. The molecule has 4 rings (SSSR count). The Morgan fingerprint density at radius 3 is 2.57 bits per heavy atom. The van der Waals surface area contributed by atoms with Gasteiger partial charge in [0.1, 0.15) is 17.5 Å². The standard InChI is InChI=1S/C21H29N7/c1-3-28-20(24-25-21(28)17-11-18(22)12-17)15-26(2)14-19-23-9-10-27(19)13-16-7-5-4-6-8-16/h4-10,17-18H,3,11-15,22H2,1-2H3. The highest BCUT2D eigenvalue weighted by atomic mass is 15.3. The summed E-state index contributed by atoms with van der Waals surface area (Å²) in [5, 5.41) is 8.95. The van der Waals surface area contributed by atoms with Crippen molar-refractivity contribution in [3.8, 4) is 0 Å². The fourth-order valence-electron chi connectivity index (χ4n) is 3.94. The van der Waals surface area contributed by atoms with Crippen molar-refractivity contribution >= 4 is 0 Å². The van der Waals surface area contributed by atoms with Crippen LogP contribution in [-0.4, -0.2) is 42.3 Å². The molecule has 1 fully saturated rings. The molecule has 7 heteroatoms. The molecule has 2 aromatic heterocycles. The van der Waals surface area contributed by atoms with Crippen LogP contribution in [0.4, 0.5) is 0 Å². The van der Waals surface area contributed by atoms with E-state index >= 15 is 0 Å². The summed E-state index contributed by atoms with van der Waals surface area (Å²) in [5.41, 5.74) is 7.23. The average molecular weight is 380 g/mol. The lowest BCUT2D eigenvalue weighted by Crippen LogP contribution is -2.36. The second kappa shape index (κ2) is 8.24. The zero-order valence-electron chi connectivity index (χ0n) is 16.7. The molecule has 0 unspecified atom stereocenters. The van der Waals surface area contributed by atoms with E-state index in [0.717, 1.165) is 56.5 Å². The van der Waals surface area contributed by atoms with Crippen LogP contribution in [0.2, 0.25) is 0 Å². The smallest absolute Gasteiger partial charge is 0.147 e. The molecule has 0 spiro atoms. The van der Waals surface area contributed by atoms with Crippen LogP contribution in [0.25, 0.3) is 0 Å². The van der Waals surface area contributed by atoms with Gasteiger partial charge in [-0.3, -0.25) is 4.90 Å². The fourth-order valence-corrected chi connectivity index (χ4v) is 3.94. The Kier molecular flexibility index (Phi) is 5.54. The van der Waals surface area contributed by atoms with Gasteiger partial charge in [0.05, 0.1) is 13.1 Å². The first kappa shape index (κ1) is 18.8. The van der Waals surface area contributed by atoms with E-state index < -0.39 is 0 Å². The minimum Gasteiger partial charge on any atom is -0.329 e. The van der Waals surface area contributed by atoms with E-state index in [2.05, 4.69) is 67.5 Å². The predicted molar refractivity (Wildman–Crippen MR) is 109 cm³/mol. The highest BCUT2D eigenvalue weighted by Crippen LogP contribution is 2.34. The summed E-state index contributed by atoms with van der Waals surface area (Å²) < 4.78 is 4.46. The Bertz CT molecular complexity index is 893. The summed E-state index contributed by atoms with van der Waals surface area (Å²) in [6, 6.07) is 10.8. The van der Waals surface area contributed by atoms with E-state index in [1.807, 2.05) is 18.5 Å². The summed E-state index contributed by atoms with van der Waals surface area (Å²) in [6.07, 6.45) is 5.96. The number of imidazole rings is 1. The van der Waals surface area contributed by atoms with Crippen LogP contribution in [0.5, 0.6) is 0 Å². The summed E-state index contributed by atoms with van der Waals surface area (Å²) >= 11 is 0. The van der Waals surface area contributed by atoms with E-state index in [9.17, 15) is 0 Å². The van der Waals surface area contributed by atoms with Gasteiger partial charge in [0, 0.05) is 37.4 Å². The molecule has 0 amide bonds. The molecule has 2 heterocycles. The maximum Gasteiger partial charge on any atom is 0.147 e. The van der Waals surface area contributed by atoms with Gasteiger partial charge in [-0.05, 0) is 32.4 Å². The molecule has 0 radical (unpaired) electrons. The van der Waals surface area contributed by atoms with Gasteiger partial charge < -0.3 is 14.9 Å². The number of nitrogens with zero attached hydrogens (tertiary/aromatic N) is 6. The topological polar surface area (TPSA) is 77.8 Å². The second-order valence-corrected chi connectivity index (χ2v) is 7.78. The van der Waals surface area contributed by atoms with Gasteiger partial charge >= 0.3 is 0 Å². The molecule has 1 aromatic carbocycles. The predicted octanol–water partition coefficient (Wildman–Crippen LogP) is 2.38. The minimum absolute atomic E-state index is 0.321. The Labute approximate surface area is 166 Å². The van der Waals surface area contributed by atoms with Crippen molar-refractivity contribution in [1.29, 1.82) is 0 Å². The van der Waals surface area contributed by atoms with Crippen molar-refractivity contribution < 1.29 is 0 Å². The third-order valence-corrected chi connectivity index (χ3v) is 5.53. The molecular weight excluding hydrogens is 350 g/mol. The van der Waals surface area contributed by atoms with Gasteiger partial charge in [0.15, 0.2) is 0 Å². The van der Waals surface area contributed by atoms with E-state index in [0.29, 0.717) is 12.0 Å². The summed E-state index contributed by atoms with van der Waals surface area (Å²) in [5.74, 6) is 3.63. The van der Waals surface area contributed by atoms with Gasteiger partial charge in [-0.1, -0.05) is 30.3 Å². The number of hydrogen-bond donors (Lipinski definition) is 1. The number of benzene rings is 1. The van der Waals surface area contributed by atoms with Gasteiger partial charge in [0.2, 0.25) is 0 Å². The van der Waals surface area contributed by atoms with Gasteiger partial charge in [-0.25, -0.2) is 4.98 Å². The largest absolute Gasteiger partial charge is 0.329 e. The lowest BCUT2D eigenvalue weighted by molar-refractivity contribution is 0.289. The maximum absolute atomic E-state index is 5.96. The first-order valence-corrected chi connectivity index (χ1v) is 10.0. The molecule has 0 aliphatic heterocycles. The minimum atomic E-state index is 0.321. The van der Waals surface area contributed by atoms with Crippen LogP contribution < -0.4 is 5.73 Å². The van der Waals surface area contributed by atoms with Crippen LogP contribution in [-0.2, 0) is 26.2 Å². The lowest BCUT2D eigenvalue weighted by atomic mass is 9.80. The molecule has 2 N–H and O–H groups in total. The second-order valence-electron chi connectivity index (χ2n) is 7.78. The number of hydrogen-bond acceptors (Lipinski definition) is 5. The lowest BCUT2D eigenvalue weighted by Gasteiger charge is -2.31. The molecule has 0 saturated heterocycles. The van der Waals surface area contributed by atoms with Gasteiger partial charge in [0.25, 0.3) is 0 Å². The molecule has 28 heavy (non-hydrogen) atoms. The first-order valence-electron chi connectivity index (χ1n) is 10.0. The highest BCUT2D eigenvalue weighted by molar-refractivity contribution is 5.16. The Morgan fingerprint density at radius 2 is 1.86 bits per heavy atom. The third-order valence-electron chi connectivity index (χ3n) is 5.53. The molecule has 0 bridgehead atoms. The molecule has 0 atom stereocenters. The van der Waals surface area contributed by atoms with Crippen LogP contribution >= 0.6 is 0 Å². The molecule has 1 aliphatic rings. The SMILES string of the molecule is CCn1c(CN(C)Cc2nccn2Cc2ccccc2)nnc1C1CC(N)C1. The molecule has 3 aromatic rings. The van der Waals surface area contributed by atoms with Crippen molar-refractivity contribution in [2.75, 3.05) is 7.05 Å². The van der Waals surface area contributed by atoms with Crippen LogP contribution in [0.15, 0.2) is 42.7 Å². The maximum atomic E-state index is 5.96. The zero-order valence-corrected chi connectivity index (χ0v) is 16.7. The monoisotopic (exact) mass is 379 g/mol. The summed E-state index contributed by atoms with van der Waals surface area (Å²) in [6.45, 7) is 5.39. The summed E-state index contributed by atoms with van der Waals surface area (Å²) in [7, 11) is 2.11. The Morgan fingerprint density at radius 1 is 1.11 bits per heavy atom. The number of aromatic nitrogens is 5. The normalized spacial score (nSPS) is 19.1. The molecule has 7 nitrogen and oxygen atoms in total. The van der Waals surface area contributed by atoms with Crippen molar-refractivity contribution in [3.05, 3.63) is 65.8 Å². The van der Waals surface area contributed by atoms with Crippen molar-refractivity contribution in [3.63, 3.8) is 0 Å². The quantitative estimate of drug-likeness (QED) is 0.650.